The molecule has 2 amide bonds. The Hall–Kier alpha value is -2.34. The summed E-state index contributed by atoms with van der Waals surface area (Å²) in [6, 6.07) is 7.98. The molecule has 0 saturated heterocycles. The molecule has 0 bridgehead atoms. The quantitative estimate of drug-likeness (QED) is 0.815. The van der Waals surface area contributed by atoms with Crippen molar-refractivity contribution < 1.29 is 9.90 Å². The van der Waals surface area contributed by atoms with Gasteiger partial charge < -0.3 is 19.9 Å². The summed E-state index contributed by atoms with van der Waals surface area (Å²) >= 11 is 0. The maximum atomic E-state index is 12.1. The Balaban J connectivity index is 1.49. The summed E-state index contributed by atoms with van der Waals surface area (Å²) < 4.78 is 2.00. The SMILES string of the molecule is CN(CC(O)C1CC1)C(=O)NCc1cccc(Cn2ccnc2)c1. The van der Waals surface area contributed by atoms with Crippen molar-refractivity contribution in [2.45, 2.75) is 32.0 Å². The number of nitrogens with one attached hydrogen (secondary N) is 1. The van der Waals surface area contributed by atoms with Gasteiger partial charge in [0.2, 0.25) is 0 Å². The molecule has 24 heavy (non-hydrogen) atoms. The van der Waals surface area contributed by atoms with Gasteiger partial charge in [-0.25, -0.2) is 9.78 Å². The lowest BCUT2D eigenvalue weighted by atomic mass is 10.1. The van der Waals surface area contributed by atoms with Gasteiger partial charge in [0.1, 0.15) is 0 Å². The summed E-state index contributed by atoms with van der Waals surface area (Å²) in [5, 5.41) is 12.8. The minimum Gasteiger partial charge on any atom is -0.391 e. The van der Waals surface area contributed by atoms with Gasteiger partial charge in [0.15, 0.2) is 0 Å². The van der Waals surface area contributed by atoms with Crippen molar-refractivity contribution in [2.75, 3.05) is 13.6 Å². The molecule has 1 aliphatic carbocycles. The second kappa shape index (κ2) is 7.49. The molecule has 2 aromatic rings. The van der Waals surface area contributed by atoms with Crippen molar-refractivity contribution in [3.05, 3.63) is 54.1 Å². The van der Waals surface area contributed by atoms with E-state index in [1.807, 2.05) is 22.9 Å². The lowest BCUT2D eigenvalue weighted by molar-refractivity contribution is 0.113. The first-order valence-electron chi connectivity index (χ1n) is 8.32. The van der Waals surface area contributed by atoms with E-state index in [0.717, 1.165) is 30.5 Å². The van der Waals surface area contributed by atoms with Crippen LogP contribution in [0.3, 0.4) is 0 Å². The number of benzene rings is 1. The van der Waals surface area contributed by atoms with E-state index in [-0.39, 0.29) is 6.03 Å². The minimum absolute atomic E-state index is 0.158. The second-order valence-corrected chi connectivity index (χ2v) is 6.50. The number of amides is 2. The van der Waals surface area contributed by atoms with Crippen molar-refractivity contribution in [3.63, 3.8) is 0 Å². The molecule has 1 aliphatic rings. The topological polar surface area (TPSA) is 70.4 Å². The highest BCUT2D eigenvalue weighted by Crippen LogP contribution is 2.32. The highest BCUT2D eigenvalue weighted by Gasteiger charge is 2.31. The molecule has 1 aromatic heterocycles. The van der Waals surface area contributed by atoms with E-state index < -0.39 is 6.10 Å². The number of aliphatic hydroxyl groups excluding tert-OH is 1. The summed E-state index contributed by atoms with van der Waals surface area (Å²) in [6.45, 7) is 1.62. The van der Waals surface area contributed by atoms with Gasteiger partial charge in [-0.2, -0.15) is 0 Å². The van der Waals surface area contributed by atoms with E-state index >= 15 is 0 Å². The zero-order valence-electron chi connectivity index (χ0n) is 13.9. The third-order valence-corrected chi connectivity index (χ3v) is 4.33. The minimum atomic E-state index is -0.403. The van der Waals surface area contributed by atoms with Crippen LogP contribution in [0.25, 0.3) is 0 Å². The summed E-state index contributed by atoms with van der Waals surface area (Å²) in [5.41, 5.74) is 2.22. The van der Waals surface area contributed by atoms with Gasteiger partial charge in [-0.3, -0.25) is 0 Å². The first-order valence-corrected chi connectivity index (χ1v) is 8.32. The van der Waals surface area contributed by atoms with Crippen LogP contribution in [-0.4, -0.2) is 45.3 Å². The molecule has 6 nitrogen and oxygen atoms in total. The Morgan fingerprint density at radius 2 is 2.25 bits per heavy atom. The highest BCUT2D eigenvalue weighted by atomic mass is 16.3. The van der Waals surface area contributed by atoms with E-state index in [2.05, 4.69) is 22.4 Å². The van der Waals surface area contributed by atoms with Crippen LogP contribution in [-0.2, 0) is 13.1 Å². The van der Waals surface area contributed by atoms with E-state index in [4.69, 9.17) is 0 Å². The van der Waals surface area contributed by atoms with Crippen LogP contribution in [0.15, 0.2) is 43.0 Å². The van der Waals surface area contributed by atoms with Gasteiger partial charge in [-0.1, -0.05) is 24.3 Å². The number of hydrogen-bond acceptors (Lipinski definition) is 3. The standard InChI is InChI=1S/C18H24N4O2/c1-21(12-17(23)16-5-6-16)18(24)20-10-14-3-2-4-15(9-14)11-22-8-7-19-13-22/h2-4,7-9,13,16-17,23H,5-6,10-12H2,1H3,(H,20,24). The number of aliphatic hydroxyl groups is 1. The fourth-order valence-corrected chi connectivity index (χ4v) is 2.74. The highest BCUT2D eigenvalue weighted by molar-refractivity contribution is 5.73. The smallest absolute Gasteiger partial charge is 0.317 e. The molecule has 0 radical (unpaired) electrons. The van der Waals surface area contributed by atoms with Gasteiger partial charge in [0.05, 0.1) is 12.4 Å². The monoisotopic (exact) mass is 328 g/mol. The Labute approximate surface area is 142 Å². The lowest BCUT2D eigenvalue weighted by Gasteiger charge is -2.21. The number of carbonyl (C=O) groups is 1. The average molecular weight is 328 g/mol. The van der Waals surface area contributed by atoms with Gasteiger partial charge in [-0.05, 0) is 29.9 Å². The summed E-state index contributed by atoms with van der Waals surface area (Å²) in [7, 11) is 1.72. The number of aromatic nitrogens is 2. The first kappa shape index (κ1) is 16.5. The van der Waals surface area contributed by atoms with Crippen LogP contribution < -0.4 is 5.32 Å². The van der Waals surface area contributed by atoms with Crippen molar-refractivity contribution in [2.24, 2.45) is 5.92 Å². The van der Waals surface area contributed by atoms with Crippen molar-refractivity contribution in [1.82, 2.24) is 19.8 Å². The van der Waals surface area contributed by atoms with Gasteiger partial charge in [0, 0.05) is 39.1 Å². The van der Waals surface area contributed by atoms with Crippen molar-refractivity contribution in [1.29, 1.82) is 0 Å². The Morgan fingerprint density at radius 3 is 2.96 bits per heavy atom. The lowest BCUT2D eigenvalue weighted by Crippen LogP contribution is -2.41. The zero-order valence-corrected chi connectivity index (χ0v) is 13.9. The third-order valence-electron chi connectivity index (χ3n) is 4.33. The summed E-state index contributed by atoms with van der Waals surface area (Å²) in [6.07, 6.45) is 7.21. The molecule has 1 fully saturated rings. The number of imidazole rings is 1. The van der Waals surface area contributed by atoms with Gasteiger partial charge >= 0.3 is 6.03 Å². The second-order valence-electron chi connectivity index (χ2n) is 6.50. The summed E-state index contributed by atoms with van der Waals surface area (Å²) in [5.74, 6) is 0.375. The van der Waals surface area contributed by atoms with Crippen LogP contribution in [0.5, 0.6) is 0 Å². The van der Waals surface area contributed by atoms with E-state index in [9.17, 15) is 9.90 Å². The number of likely N-dealkylation sites (N-methyl/N-ethyl adjacent to an activating group) is 1. The predicted molar refractivity (Wildman–Crippen MR) is 91.4 cm³/mol. The van der Waals surface area contributed by atoms with Crippen molar-refractivity contribution >= 4 is 6.03 Å². The van der Waals surface area contributed by atoms with Crippen LogP contribution in [0.4, 0.5) is 4.79 Å². The molecule has 0 spiro atoms. The fourth-order valence-electron chi connectivity index (χ4n) is 2.74. The zero-order chi connectivity index (χ0) is 16.9. The fraction of sp³-hybridized carbons (Fsp3) is 0.444. The number of hydrogen-bond donors (Lipinski definition) is 2. The molecule has 1 aromatic carbocycles. The van der Waals surface area contributed by atoms with E-state index in [1.54, 1.807) is 24.5 Å². The Bertz CT molecular complexity index is 667. The molecule has 1 unspecified atom stereocenters. The van der Waals surface area contributed by atoms with Crippen LogP contribution >= 0.6 is 0 Å². The van der Waals surface area contributed by atoms with Crippen LogP contribution in [0, 0.1) is 5.92 Å². The Kier molecular flexibility index (Phi) is 5.15. The molecule has 2 N–H and O–H groups in total. The number of rotatable bonds is 7. The number of carbonyl (C=O) groups excluding carboxylic acids is 1. The van der Waals surface area contributed by atoms with Crippen LogP contribution in [0.2, 0.25) is 0 Å². The third kappa shape index (κ3) is 4.58. The molecule has 1 saturated carbocycles. The largest absolute Gasteiger partial charge is 0.391 e. The predicted octanol–water partition coefficient (Wildman–Crippen LogP) is 1.84. The van der Waals surface area contributed by atoms with Gasteiger partial charge in [0.25, 0.3) is 0 Å². The molecule has 3 rings (SSSR count). The Morgan fingerprint density at radius 1 is 1.46 bits per heavy atom. The van der Waals surface area contributed by atoms with Crippen LogP contribution in [0.1, 0.15) is 24.0 Å². The maximum Gasteiger partial charge on any atom is 0.317 e. The van der Waals surface area contributed by atoms with E-state index in [1.165, 1.54) is 0 Å². The van der Waals surface area contributed by atoms with Crippen molar-refractivity contribution in [3.8, 4) is 0 Å². The molecule has 1 heterocycles. The molecule has 0 aliphatic heterocycles. The normalized spacial score (nSPS) is 15.1. The molecule has 1 atom stereocenters. The molecular formula is C18H24N4O2. The molecule has 128 valence electrons. The number of urea groups is 1. The summed E-state index contributed by atoms with van der Waals surface area (Å²) in [4.78, 5) is 17.7. The average Bonchev–Trinajstić information content (AvgIpc) is 3.31. The van der Waals surface area contributed by atoms with Gasteiger partial charge in [-0.15, -0.1) is 0 Å². The first-order chi connectivity index (χ1) is 11.6. The molecular weight excluding hydrogens is 304 g/mol. The van der Waals surface area contributed by atoms with E-state index in [0.29, 0.717) is 19.0 Å². The number of nitrogens with zero attached hydrogens (tertiary/aromatic N) is 3. The maximum absolute atomic E-state index is 12.1. The molecule has 6 heteroatoms.